The molecule has 0 aromatic carbocycles. The summed E-state index contributed by atoms with van der Waals surface area (Å²) < 4.78 is 5.51. The lowest BCUT2D eigenvalue weighted by molar-refractivity contribution is 0.0177. The fourth-order valence-electron chi connectivity index (χ4n) is 2.65. The zero-order valence-electron chi connectivity index (χ0n) is 15.2. The first-order valence-corrected chi connectivity index (χ1v) is 9.24. The van der Waals surface area contributed by atoms with E-state index < -0.39 is 0 Å². The highest BCUT2D eigenvalue weighted by Gasteiger charge is 2.24. The van der Waals surface area contributed by atoms with Gasteiger partial charge in [0.05, 0.1) is 19.3 Å². The SMILES string of the molecule is CN=C(NCC(C)C)NCC(c1ccc(C)s1)N1CCOCC1.I. The molecule has 138 valence electrons. The molecule has 2 N–H and O–H groups in total. The Hall–Kier alpha value is -0.380. The van der Waals surface area contributed by atoms with E-state index in [1.165, 1.54) is 9.75 Å². The Morgan fingerprint density at radius 1 is 1.25 bits per heavy atom. The second-order valence-electron chi connectivity index (χ2n) is 6.34. The van der Waals surface area contributed by atoms with Gasteiger partial charge in [-0.25, -0.2) is 0 Å². The Morgan fingerprint density at radius 2 is 1.92 bits per heavy atom. The van der Waals surface area contributed by atoms with Gasteiger partial charge >= 0.3 is 0 Å². The summed E-state index contributed by atoms with van der Waals surface area (Å²) in [5, 5.41) is 6.88. The number of ether oxygens (including phenoxy) is 1. The molecule has 0 amide bonds. The molecule has 1 aliphatic rings. The van der Waals surface area contributed by atoms with Crippen LogP contribution in [-0.4, -0.2) is 57.3 Å². The van der Waals surface area contributed by atoms with Crippen molar-refractivity contribution in [2.45, 2.75) is 26.8 Å². The number of rotatable bonds is 6. The maximum Gasteiger partial charge on any atom is 0.191 e. The molecule has 0 radical (unpaired) electrons. The number of aryl methyl sites for hydroxylation is 1. The highest BCUT2D eigenvalue weighted by molar-refractivity contribution is 14.0. The molecular formula is C17H31IN4OS. The van der Waals surface area contributed by atoms with Gasteiger partial charge in [0.15, 0.2) is 5.96 Å². The quantitative estimate of drug-likeness (QED) is 0.385. The third-order valence-electron chi connectivity index (χ3n) is 3.94. The summed E-state index contributed by atoms with van der Waals surface area (Å²) in [7, 11) is 1.83. The first-order valence-electron chi connectivity index (χ1n) is 8.42. The molecule has 0 saturated carbocycles. The molecule has 1 atom stereocenters. The van der Waals surface area contributed by atoms with E-state index >= 15 is 0 Å². The largest absolute Gasteiger partial charge is 0.379 e. The molecular weight excluding hydrogens is 435 g/mol. The van der Waals surface area contributed by atoms with Gasteiger partial charge in [0.1, 0.15) is 0 Å². The normalized spacial score (nSPS) is 17.5. The van der Waals surface area contributed by atoms with Crippen LogP contribution in [-0.2, 0) is 4.74 Å². The van der Waals surface area contributed by atoms with Crippen LogP contribution >= 0.6 is 35.3 Å². The van der Waals surface area contributed by atoms with E-state index in [0.717, 1.165) is 45.4 Å². The summed E-state index contributed by atoms with van der Waals surface area (Å²) in [6.45, 7) is 12.0. The van der Waals surface area contributed by atoms with Gasteiger partial charge in [0.25, 0.3) is 0 Å². The van der Waals surface area contributed by atoms with Crippen molar-refractivity contribution in [2.75, 3.05) is 46.4 Å². The first-order chi connectivity index (χ1) is 11.1. The van der Waals surface area contributed by atoms with Crippen LogP contribution in [0.15, 0.2) is 17.1 Å². The zero-order chi connectivity index (χ0) is 16.7. The van der Waals surface area contributed by atoms with Gasteiger partial charge in [-0.3, -0.25) is 9.89 Å². The van der Waals surface area contributed by atoms with E-state index in [1.54, 1.807) is 0 Å². The summed E-state index contributed by atoms with van der Waals surface area (Å²) in [5.74, 6) is 1.48. The number of hydrogen-bond donors (Lipinski definition) is 2. The van der Waals surface area contributed by atoms with Crippen LogP contribution < -0.4 is 10.6 Å². The number of nitrogens with zero attached hydrogens (tertiary/aromatic N) is 2. The van der Waals surface area contributed by atoms with E-state index in [-0.39, 0.29) is 24.0 Å². The molecule has 2 heterocycles. The van der Waals surface area contributed by atoms with Crippen LogP contribution in [0, 0.1) is 12.8 Å². The van der Waals surface area contributed by atoms with Crippen LogP contribution in [0.4, 0.5) is 0 Å². The van der Waals surface area contributed by atoms with Gasteiger partial charge in [-0.15, -0.1) is 35.3 Å². The number of halogens is 1. The Labute approximate surface area is 167 Å². The predicted molar refractivity (Wildman–Crippen MR) is 114 cm³/mol. The lowest BCUT2D eigenvalue weighted by Gasteiger charge is -2.34. The molecule has 1 aliphatic heterocycles. The Kier molecular flexibility index (Phi) is 10.2. The molecule has 5 nitrogen and oxygen atoms in total. The fraction of sp³-hybridized carbons (Fsp3) is 0.706. The minimum atomic E-state index is 0. The highest BCUT2D eigenvalue weighted by Crippen LogP contribution is 2.27. The van der Waals surface area contributed by atoms with E-state index in [2.05, 4.69) is 53.4 Å². The summed E-state index contributed by atoms with van der Waals surface area (Å²) in [4.78, 5) is 9.62. The lowest BCUT2D eigenvalue weighted by atomic mass is 10.2. The van der Waals surface area contributed by atoms with Crippen molar-refractivity contribution in [2.24, 2.45) is 10.9 Å². The smallest absolute Gasteiger partial charge is 0.191 e. The number of hydrogen-bond acceptors (Lipinski definition) is 4. The predicted octanol–water partition coefficient (Wildman–Crippen LogP) is 2.87. The molecule has 0 spiro atoms. The van der Waals surface area contributed by atoms with Crippen LogP contribution in [0.2, 0.25) is 0 Å². The van der Waals surface area contributed by atoms with Crippen molar-refractivity contribution in [1.29, 1.82) is 0 Å². The summed E-state index contributed by atoms with van der Waals surface area (Å²) in [5.41, 5.74) is 0. The monoisotopic (exact) mass is 466 g/mol. The van der Waals surface area contributed by atoms with Crippen molar-refractivity contribution in [3.05, 3.63) is 21.9 Å². The number of thiophene rings is 1. The Bertz CT molecular complexity index is 501. The maximum absolute atomic E-state index is 5.51. The molecule has 1 aromatic heterocycles. The number of guanidine groups is 1. The first kappa shape index (κ1) is 21.7. The third-order valence-corrected chi connectivity index (χ3v) is 5.04. The van der Waals surface area contributed by atoms with Crippen molar-refractivity contribution < 1.29 is 4.74 Å². The van der Waals surface area contributed by atoms with Gasteiger partial charge in [-0.2, -0.15) is 0 Å². The number of morpholine rings is 1. The topological polar surface area (TPSA) is 48.9 Å². The van der Waals surface area contributed by atoms with Crippen molar-refractivity contribution in [3.63, 3.8) is 0 Å². The summed E-state index contributed by atoms with van der Waals surface area (Å²) >= 11 is 1.88. The second-order valence-corrected chi connectivity index (χ2v) is 7.66. The zero-order valence-corrected chi connectivity index (χ0v) is 18.3. The van der Waals surface area contributed by atoms with Gasteiger partial charge in [0, 0.05) is 43.0 Å². The summed E-state index contributed by atoms with van der Waals surface area (Å²) in [6, 6.07) is 4.83. The molecule has 0 aliphatic carbocycles. The van der Waals surface area contributed by atoms with Crippen molar-refractivity contribution in [3.8, 4) is 0 Å². The third kappa shape index (κ3) is 6.85. The highest BCUT2D eigenvalue weighted by atomic mass is 127. The maximum atomic E-state index is 5.51. The van der Waals surface area contributed by atoms with Gasteiger partial charge in [-0.05, 0) is 25.0 Å². The van der Waals surface area contributed by atoms with Gasteiger partial charge in [-0.1, -0.05) is 13.8 Å². The van der Waals surface area contributed by atoms with Crippen LogP contribution in [0.1, 0.15) is 29.6 Å². The lowest BCUT2D eigenvalue weighted by Crippen LogP contribution is -2.46. The average Bonchev–Trinajstić information content (AvgIpc) is 2.97. The van der Waals surface area contributed by atoms with Crippen molar-refractivity contribution >= 4 is 41.3 Å². The molecule has 1 fully saturated rings. The van der Waals surface area contributed by atoms with E-state index in [1.807, 2.05) is 18.4 Å². The van der Waals surface area contributed by atoms with E-state index in [4.69, 9.17) is 4.74 Å². The molecule has 0 bridgehead atoms. The average molecular weight is 466 g/mol. The molecule has 1 saturated heterocycles. The fourth-order valence-corrected chi connectivity index (χ4v) is 3.66. The van der Waals surface area contributed by atoms with Crippen LogP contribution in [0.25, 0.3) is 0 Å². The standard InChI is InChI=1S/C17H30N4OS.HI/c1-13(2)11-19-17(18-4)20-12-15(16-6-5-14(3)23-16)21-7-9-22-10-8-21;/h5-6,13,15H,7-12H2,1-4H3,(H2,18,19,20);1H. The molecule has 1 unspecified atom stereocenters. The molecule has 7 heteroatoms. The van der Waals surface area contributed by atoms with Crippen molar-refractivity contribution in [1.82, 2.24) is 15.5 Å². The van der Waals surface area contributed by atoms with Crippen LogP contribution in [0.3, 0.4) is 0 Å². The molecule has 1 aromatic rings. The Morgan fingerprint density at radius 3 is 2.46 bits per heavy atom. The minimum Gasteiger partial charge on any atom is -0.379 e. The minimum absolute atomic E-state index is 0. The second kappa shape index (κ2) is 11.3. The van der Waals surface area contributed by atoms with Gasteiger partial charge in [0.2, 0.25) is 0 Å². The van der Waals surface area contributed by atoms with E-state index in [0.29, 0.717) is 12.0 Å². The van der Waals surface area contributed by atoms with Gasteiger partial charge < -0.3 is 15.4 Å². The molecule has 24 heavy (non-hydrogen) atoms. The van der Waals surface area contributed by atoms with Crippen LogP contribution in [0.5, 0.6) is 0 Å². The van der Waals surface area contributed by atoms with E-state index in [9.17, 15) is 0 Å². The number of aliphatic imine (C=N–C) groups is 1. The number of nitrogens with one attached hydrogen (secondary N) is 2. The Balaban J connectivity index is 0.00000288. The summed E-state index contributed by atoms with van der Waals surface area (Å²) in [6.07, 6.45) is 0. The molecule has 2 rings (SSSR count).